The first-order valence-electron chi connectivity index (χ1n) is 7.82. The molecule has 0 atom stereocenters. The maximum atomic E-state index is 12.1. The summed E-state index contributed by atoms with van der Waals surface area (Å²) in [7, 11) is -2.12. The van der Waals surface area contributed by atoms with Crippen molar-refractivity contribution < 1.29 is 27.5 Å². The largest absolute Gasteiger partial charge is 0.478 e. The van der Waals surface area contributed by atoms with Gasteiger partial charge in [0, 0.05) is 20.0 Å². The van der Waals surface area contributed by atoms with Crippen molar-refractivity contribution in [2.75, 3.05) is 13.6 Å². The number of amides is 1. The highest BCUT2D eigenvalue weighted by Gasteiger charge is 2.18. The van der Waals surface area contributed by atoms with Gasteiger partial charge in [-0.15, -0.1) is 0 Å². The second-order valence-corrected chi connectivity index (χ2v) is 7.47. The molecule has 0 aliphatic carbocycles. The highest BCUT2D eigenvalue weighted by atomic mass is 32.2. The van der Waals surface area contributed by atoms with E-state index < -0.39 is 16.0 Å². The van der Waals surface area contributed by atoms with Gasteiger partial charge in [-0.3, -0.25) is 4.79 Å². The lowest BCUT2D eigenvalue weighted by Crippen LogP contribution is -2.31. The number of sulfonamides is 1. The lowest BCUT2D eigenvalue weighted by molar-refractivity contribution is -0.130. The SMILES string of the molecule is Cc1oc(CN(C)C(=O)CCNS(=O)(=O)c2ccccc2)cc1C(=O)O. The number of nitrogens with one attached hydrogen (secondary N) is 1. The van der Waals surface area contributed by atoms with Gasteiger partial charge in [-0.05, 0) is 25.1 Å². The molecule has 0 saturated carbocycles. The second-order valence-electron chi connectivity index (χ2n) is 5.70. The molecule has 0 bridgehead atoms. The molecule has 26 heavy (non-hydrogen) atoms. The number of hydrogen-bond acceptors (Lipinski definition) is 5. The number of rotatable bonds is 8. The number of carbonyl (C=O) groups is 2. The van der Waals surface area contributed by atoms with Gasteiger partial charge in [0.15, 0.2) is 0 Å². The lowest BCUT2D eigenvalue weighted by atomic mass is 10.2. The van der Waals surface area contributed by atoms with E-state index in [1.54, 1.807) is 18.2 Å². The molecule has 2 N–H and O–H groups in total. The molecule has 0 aliphatic heterocycles. The van der Waals surface area contributed by atoms with Gasteiger partial charge in [0.25, 0.3) is 0 Å². The number of aromatic carboxylic acids is 1. The number of aryl methyl sites for hydroxylation is 1. The summed E-state index contributed by atoms with van der Waals surface area (Å²) >= 11 is 0. The van der Waals surface area contributed by atoms with E-state index in [4.69, 9.17) is 9.52 Å². The Hall–Kier alpha value is -2.65. The van der Waals surface area contributed by atoms with Crippen molar-refractivity contribution in [3.8, 4) is 0 Å². The summed E-state index contributed by atoms with van der Waals surface area (Å²) in [6.07, 6.45) is -0.0337. The fourth-order valence-corrected chi connectivity index (χ4v) is 3.37. The van der Waals surface area contributed by atoms with Gasteiger partial charge in [-0.2, -0.15) is 0 Å². The molecule has 1 aromatic carbocycles. The monoisotopic (exact) mass is 380 g/mol. The Morgan fingerprint density at radius 1 is 1.23 bits per heavy atom. The average Bonchev–Trinajstić information content (AvgIpc) is 2.96. The van der Waals surface area contributed by atoms with Gasteiger partial charge in [0.05, 0.1) is 11.4 Å². The molecule has 0 saturated heterocycles. The Labute approximate surface area is 151 Å². The number of hydrogen-bond donors (Lipinski definition) is 2. The van der Waals surface area contributed by atoms with Crippen LogP contribution in [0.1, 0.15) is 28.3 Å². The highest BCUT2D eigenvalue weighted by molar-refractivity contribution is 7.89. The van der Waals surface area contributed by atoms with Crippen LogP contribution in [0.2, 0.25) is 0 Å². The van der Waals surface area contributed by atoms with Crippen LogP contribution in [0.25, 0.3) is 0 Å². The maximum absolute atomic E-state index is 12.1. The summed E-state index contributed by atoms with van der Waals surface area (Å²) in [6.45, 7) is 1.59. The molecule has 1 aromatic heterocycles. The van der Waals surface area contributed by atoms with Gasteiger partial charge in [0.1, 0.15) is 17.1 Å². The Morgan fingerprint density at radius 3 is 2.46 bits per heavy atom. The maximum Gasteiger partial charge on any atom is 0.339 e. The van der Waals surface area contributed by atoms with Crippen molar-refractivity contribution in [2.24, 2.45) is 0 Å². The number of benzene rings is 1. The smallest absolute Gasteiger partial charge is 0.339 e. The molecule has 2 rings (SSSR count). The Morgan fingerprint density at radius 2 is 1.88 bits per heavy atom. The van der Waals surface area contributed by atoms with Crippen molar-refractivity contribution in [3.05, 3.63) is 53.5 Å². The average molecular weight is 380 g/mol. The topological polar surface area (TPSA) is 117 Å². The lowest BCUT2D eigenvalue weighted by Gasteiger charge is -2.16. The van der Waals surface area contributed by atoms with Crippen LogP contribution >= 0.6 is 0 Å². The van der Waals surface area contributed by atoms with Crippen molar-refractivity contribution in [1.29, 1.82) is 0 Å². The zero-order valence-corrected chi connectivity index (χ0v) is 15.2. The molecule has 0 spiro atoms. The van der Waals surface area contributed by atoms with Crippen LogP contribution < -0.4 is 4.72 Å². The van der Waals surface area contributed by atoms with E-state index in [9.17, 15) is 18.0 Å². The molecule has 0 radical (unpaired) electrons. The molecular formula is C17H20N2O6S. The molecular weight excluding hydrogens is 360 g/mol. The highest BCUT2D eigenvalue weighted by Crippen LogP contribution is 2.16. The van der Waals surface area contributed by atoms with Gasteiger partial charge >= 0.3 is 5.97 Å². The minimum absolute atomic E-state index is 0.0337. The zero-order valence-electron chi connectivity index (χ0n) is 14.4. The van der Waals surface area contributed by atoms with Crippen LogP contribution in [0, 0.1) is 6.92 Å². The summed E-state index contributed by atoms with van der Waals surface area (Å²) in [5, 5.41) is 9.00. The van der Waals surface area contributed by atoms with Crippen LogP contribution in [0.5, 0.6) is 0 Å². The fourth-order valence-electron chi connectivity index (χ4n) is 2.32. The number of carboxylic acids is 1. The summed E-state index contributed by atoms with van der Waals surface area (Å²) in [5.41, 5.74) is 0.0523. The summed E-state index contributed by atoms with van der Waals surface area (Å²) in [6, 6.07) is 9.25. The van der Waals surface area contributed by atoms with Crippen molar-refractivity contribution in [1.82, 2.24) is 9.62 Å². The first-order chi connectivity index (χ1) is 12.2. The van der Waals surface area contributed by atoms with Crippen LogP contribution in [-0.4, -0.2) is 43.9 Å². The third-order valence-corrected chi connectivity index (χ3v) is 5.18. The second kappa shape index (κ2) is 8.15. The van der Waals surface area contributed by atoms with E-state index in [0.29, 0.717) is 5.76 Å². The predicted octanol–water partition coefficient (Wildman–Crippen LogP) is 1.61. The number of carbonyl (C=O) groups excluding carboxylic acids is 1. The minimum Gasteiger partial charge on any atom is -0.478 e. The molecule has 0 unspecified atom stereocenters. The van der Waals surface area contributed by atoms with E-state index in [2.05, 4.69) is 4.72 Å². The van der Waals surface area contributed by atoms with Crippen molar-refractivity contribution >= 4 is 21.9 Å². The molecule has 9 heteroatoms. The van der Waals surface area contributed by atoms with Gasteiger partial charge in [0.2, 0.25) is 15.9 Å². The Kier molecular flexibility index (Phi) is 6.17. The zero-order chi connectivity index (χ0) is 19.3. The van der Waals surface area contributed by atoms with Gasteiger partial charge in [-0.1, -0.05) is 18.2 Å². The van der Waals surface area contributed by atoms with E-state index in [1.807, 2.05) is 0 Å². The Balaban J connectivity index is 1.88. The quantitative estimate of drug-likeness (QED) is 0.719. The number of furan rings is 1. The van der Waals surface area contributed by atoms with E-state index in [-0.39, 0.29) is 41.6 Å². The van der Waals surface area contributed by atoms with Gasteiger partial charge < -0.3 is 14.4 Å². The van der Waals surface area contributed by atoms with Crippen molar-refractivity contribution in [3.63, 3.8) is 0 Å². The number of nitrogens with zero attached hydrogens (tertiary/aromatic N) is 1. The third kappa shape index (κ3) is 4.93. The van der Waals surface area contributed by atoms with E-state index in [0.717, 1.165) is 0 Å². The Bertz CT molecular complexity index is 889. The summed E-state index contributed by atoms with van der Waals surface area (Å²) < 4.78 is 31.8. The summed E-state index contributed by atoms with van der Waals surface area (Å²) in [5.74, 6) is -0.780. The van der Waals surface area contributed by atoms with Gasteiger partial charge in [-0.25, -0.2) is 17.9 Å². The normalized spacial score (nSPS) is 11.3. The molecule has 0 aliphatic rings. The van der Waals surface area contributed by atoms with Crippen LogP contribution in [0.3, 0.4) is 0 Å². The first kappa shape index (κ1) is 19.7. The predicted molar refractivity (Wildman–Crippen MR) is 93.1 cm³/mol. The third-order valence-electron chi connectivity index (χ3n) is 3.70. The van der Waals surface area contributed by atoms with Crippen LogP contribution in [-0.2, 0) is 21.4 Å². The van der Waals surface area contributed by atoms with E-state index in [1.165, 1.54) is 37.1 Å². The molecule has 8 nitrogen and oxygen atoms in total. The molecule has 2 aromatic rings. The van der Waals surface area contributed by atoms with Crippen LogP contribution in [0.15, 0.2) is 45.7 Å². The molecule has 1 amide bonds. The van der Waals surface area contributed by atoms with Crippen LogP contribution in [0.4, 0.5) is 0 Å². The van der Waals surface area contributed by atoms with E-state index >= 15 is 0 Å². The molecule has 1 heterocycles. The fraction of sp³-hybridized carbons (Fsp3) is 0.294. The standard InChI is InChI=1S/C17H20N2O6S/c1-12-15(17(21)22)10-13(25-12)11-19(2)16(20)8-9-18-26(23,24)14-6-4-3-5-7-14/h3-7,10,18H,8-9,11H2,1-2H3,(H,21,22). The molecule has 0 fully saturated rings. The van der Waals surface area contributed by atoms with Crippen molar-refractivity contribution in [2.45, 2.75) is 24.8 Å². The minimum atomic E-state index is -3.66. The number of carboxylic acid groups (broad SMARTS) is 1. The first-order valence-corrected chi connectivity index (χ1v) is 9.30. The molecule has 140 valence electrons. The summed E-state index contributed by atoms with van der Waals surface area (Å²) in [4.78, 5) is 24.6.